The van der Waals surface area contributed by atoms with Crippen molar-refractivity contribution in [3.05, 3.63) is 0 Å². The van der Waals surface area contributed by atoms with Crippen LogP contribution < -0.4 is 5.32 Å². The highest BCUT2D eigenvalue weighted by molar-refractivity contribution is 5.70. The quantitative estimate of drug-likeness (QED) is 0.811. The third-order valence-electron chi connectivity index (χ3n) is 3.62. The van der Waals surface area contributed by atoms with Crippen LogP contribution in [0.2, 0.25) is 0 Å². The summed E-state index contributed by atoms with van der Waals surface area (Å²) < 4.78 is 5.30. The van der Waals surface area contributed by atoms with Crippen molar-refractivity contribution in [3.8, 4) is 0 Å². The van der Waals surface area contributed by atoms with Crippen molar-refractivity contribution in [1.82, 2.24) is 5.32 Å². The van der Waals surface area contributed by atoms with E-state index in [1.165, 1.54) is 0 Å². The Morgan fingerprint density at radius 3 is 2.28 bits per heavy atom. The number of nitrogens with one attached hydrogen (secondary N) is 1. The Bertz CT molecular complexity index is 306. The third kappa shape index (κ3) is 4.55. The highest BCUT2D eigenvalue weighted by Crippen LogP contribution is 2.24. The summed E-state index contributed by atoms with van der Waals surface area (Å²) in [6.45, 7) is 5.70. The second-order valence-corrected chi connectivity index (χ2v) is 5.53. The predicted molar refractivity (Wildman–Crippen MR) is 67.4 cm³/mol. The summed E-state index contributed by atoms with van der Waals surface area (Å²) in [5, 5.41) is 11.7. The monoisotopic (exact) mass is 257 g/mol. The molecule has 0 heterocycles. The molecule has 0 atom stereocenters. The predicted octanol–water partition coefficient (Wildman–Crippen LogP) is 2.54. The van der Waals surface area contributed by atoms with Crippen molar-refractivity contribution in [2.75, 3.05) is 0 Å². The molecule has 0 unspecified atom stereocenters. The molecule has 0 bridgehead atoms. The van der Waals surface area contributed by atoms with E-state index in [2.05, 4.69) is 5.32 Å². The lowest BCUT2D eigenvalue weighted by Crippen LogP contribution is -2.42. The molecule has 0 aromatic rings. The number of hydrogen-bond donors (Lipinski definition) is 2. The molecule has 0 aromatic heterocycles. The maximum atomic E-state index is 11.7. The van der Waals surface area contributed by atoms with Gasteiger partial charge in [-0.05, 0) is 46.0 Å². The van der Waals surface area contributed by atoms with Gasteiger partial charge in [-0.3, -0.25) is 4.79 Å². The molecule has 104 valence electrons. The maximum absolute atomic E-state index is 11.7. The fraction of sp³-hybridized carbons (Fsp3) is 0.846. The van der Waals surface area contributed by atoms with Gasteiger partial charge in [0, 0.05) is 6.04 Å². The Kier molecular flexibility index (Phi) is 4.99. The highest BCUT2D eigenvalue weighted by Gasteiger charge is 2.28. The van der Waals surface area contributed by atoms with E-state index < -0.39 is 17.7 Å². The zero-order valence-corrected chi connectivity index (χ0v) is 11.4. The average molecular weight is 257 g/mol. The smallest absolute Gasteiger partial charge is 0.407 e. The van der Waals surface area contributed by atoms with Crippen molar-refractivity contribution in [3.63, 3.8) is 0 Å². The van der Waals surface area contributed by atoms with E-state index >= 15 is 0 Å². The largest absolute Gasteiger partial charge is 0.481 e. The van der Waals surface area contributed by atoms with Crippen LogP contribution in [-0.4, -0.2) is 28.8 Å². The number of carboxylic acid groups (broad SMARTS) is 1. The molecule has 1 aliphatic rings. The standard InChI is InChI=1S/C13H23NO4/c1-4-13(2,3)18-12(17)14-10-7-5-9(6-8-10)11(15)16/h9-10H,4-8H2,1-3H3,(H,14,17)(H,15,16)/t9-,10-. The summed E-state index contributed by atoms with van der Waals surface area (Å²) in [5.41, 5.74) is -0.456. The SMILES string of the molecule is CCC(C)(C)OC(=O)N[C@H]1CC[C@H](C(=O)O)CC1. The van der Waals surface area contributed by atoms with Crippen molar-refractivity contribution < 1.29 is 19.4 Å². The Balaban J connectivity index is 2.33. The number of ether oxygens (including phenoxy) is 1. The fourth-order valence-electron chi connectivity index (χ4n) is 2.00. The van der Waals surface area contributed by atoms with Gasteiger partial charge in [-0.15, -0.1) is 0 Å². The molecule has 0 radical (unpaired) electrons. The minimum atomic E-state index is -0.733. The van der Waals surface area contributed by atoms with Gasteiger partial charge in [-0.1, -0.05) is 6.92 Å². The van der Waals surface area contributed by atoms with Gasteiger partial charge in [-0.2, -0.15) is 0 Å². The second-order valence-electron chi connectivity index (χ2n) is 5.53. The first-order chi connectivity index (χ1) is 8.34. The molecule has 18 heavy (non-hydrogen) atoms. The molecule has 1 fully saturated rings. The Morgan fingerprint density at radius 2 is 1.83 bits per heavy atom. The average Bonchev–Trinajstić information content (AvgIpc) is 2.29. The van der Waals surface area contributed by atoms with Crippen molar-refractivity contribution in [1.29, 1.82) is 0 Å². The van der Waals surface area contributed by atoms with Crippen LogP contribution in [0.1, 0.15) is 52.9 Å². The highest BCUT2D eigenvalue weighted by atomic mass is 16.6. The zero-order valence-electron chi connectivity index (χ0n) is 11.4. The molecule has 0 aliphatic heterocycles. The lowest BCUT2D eigenvalue weighted by molar-refractivity contribution is -0.142. The Labute approximate surface area is 108 Å². The number of aliphatic carboxylic acids is 1. The lowest BCUT2D eigenvalue weighted by Gasteiger charge is -2.29. The molecule has 1 aliphatic carbocycles. The van der Waals surface area contributed by atoms with Gasteiger partial charge in [0.15, 0.2) is 0 Å². The Hall–Kier alpha value is -1.26. The second kappa shape index (κ2) is 6.07. The minimum absolute atomic E-state index is 0.0424. The van der Waals surface area contributed by atoms with Gasteiger partial charge in [0.25, 0.3) is 0 Å². The normalized spacial score (nSPS) is 24.4. The first-order valence-electron chi connectivity index (χ1n) is 6.56. The first kappa shape index (κ1) is 14.8. The summed E-state index contributed by atoms with van der Waals surface area (Å²) in [4.78, 5) is 22.4. The molecule has 1 rings (SSSR count). The van der Waals surface area contributed by atoms with Crippen LogP contribution >= 0.6 is 0 Å². The van der Waals surface area contributed by atoms with Crippen LogP contribution in [0.25, 0.3) is 0 Å². The van der Waals surface area contributed by atoms with Crippen LogP contribution in [0.15, 0.2) is 0 Å². The molecule has 2 N–H and O–H groups in total. The van der Waals surface area contributed by atoms with E-state index in [4.69, 9.17) is 9.84 Å². The molecule has 1 amide bonds. The molecular formula is C13H23NO4. The topological polar surface area (TPSA) is 75.6 Å². The van der Waals surface area contributed by atoms with Crippen molar-refractivity contribution >= 4 is 12.1 Å². The third-order valence-corrected chi connectivity index (χ3v) is 3.62. The summed E-state index contributed by atoms with van der Waals surface area (Å²) in [5.74, 6) is -0.991. The molecule has 0 spiro atoms. The van der Waals surface area contributed by atoms with Crippen molar-refractivity contribution in [2.24, 2.45) is 5.92 Å². The van der Waals surface area contributed by atoms with Crippen LogP contribution in [-0.2, 0) is 9.53 Å². The van der Waals surface area contributed by atoms with E-state index in [0.29, 0.717) is 25.7 Å². The summed E-state index contributed by atoms with van der Waals surface area (Å²) >= 11 is 0. The van der Waals surface area contributed by atoms with Gasteiger partial charge in [0.05, 0.1) is 5.92 Å². The summed E-state index contributed by atoms with van der Waals surface area (Å²) in [6.07, 6.45) is 3.01. The Morgan fingerprint density at radius 1 is 1.28 bits per heavy atom. The van der Waals surface area contributed by atoms with Crippen LogP contribution in [0.5, 0.6) is 0 Å². The fourth-order valence-corrected chi connectivity index (χ4v) is 2.00. The van der Waals surface area contributed by atoms with E-state index in [9.17, 15) is 9.59 Å². The van der Waals surface area contributed by atoms with Gasteiger partial charge < -0.3 is 15.2 Å². The molecule has 1 saturated carbocycles. The molecule has 0 aromatic carbocycles. The molecule has 0 saturated heterocycles. The van der Waals surface area contributed by atoms with E-state index in [-0.39, 0.29) is 12.0 Å². The first-order valence-corrected chi connectivity index (χ1v) is 6.56. The van der Waals surface area contributed by atoms with Gasteiger partial charge in [0.2, 0.25) is 0 Å². The van der Waals surface area contributed by atoms with E-state index in [1.54, 1.807) is 0 Å². The number of amides is 1. The minimum Gasteiger partial charge on any atom is -0.481 e. The van der Waals surface area contributed by atoms with Gasteiger partial charge in [-0.25, -0.2) is 4.79 Å². The number of rotatable bonds is 4. The van der Waals surface area contributed by atoms with Crippen LogP contribution in [0.3, 0.4) is 0 Å². The van der Waals surface area contributed by atoms with Gasteiger partial charge in [0.1, 0.15) is 5.60 Å². The van der Waals surface area contributed by atoms with E-state index in [1.807, 2.05) is 20.8 Å². The number of carbonyl (C=O) groups is 2. The van der Waals surface area contributed by atoms with Crippen LogP contribution in [0, 0.1) is 5.92 Å². The summed E-state index contributed by atoms with van der Waals surface area (Å²) in [7, 11) is 0. The number of hydrogen-bond acceptors (Lipinski definition) is 3. The molecule has 5 nitrogen and oxygen atoms in total. The number of alkyl carbamates (subject to hydrolysis) is 1. The lowest BCUT2D eigenvalue weighted by atomic mass is 9.86. The molecule has 5 heteroatoms. The van der Waals surface area contributed by atoms with Gasteiger partial charge >= 0.3 is 12.1 Å². The summed E-state index contributed by atoms with van der Waals surface area (Å²) in [6, 6.07) is 0.0424. The maximum Gasteiger partial charge on any atom is 0.407 e. The molecular weight excluding hydrogens is 234 g/mol. The number of carboxylic acids is 1. The number of carbonyl (C=O) groups excluding carboxylic acids is 1. The van der Waals surface area contributed by atoms with E-state index in [0.717, 1.165) is 6.42 Å². The van der Waals surface area contributed by atoms with Crippen molar-refractivity contribution in [2.45, 2.75) is 64.5 Å². The van der Waals surface area contributed by atoms with Crippen LogP contribution in [0.4, 0.5) is 4.79 Å². The zero-order chi connectivity index (χ0) is 13.8.